The first-order valence-electron chi connectivity index (χ1n) is 9.71. The van der Waals surface area contributed by atoms with Crippen LogP contribution in [0, 0.1) is 19.8 Å². The van der Waals surface area contributed by atoms with Crippen molar-refractivity contribution >= 4 is 5.69 Å². The second kappa shape index (κ2) is 5.84. The fraction of sp³-hybridized carbons (Fsp3) is 0.500. The molecule has 2 bridgehead atoms. The first kappa shape index (κ1) is 15.4. The van der Waals surface area contributed by atoms with Crippen LogP contribution >= 0.6 is 0 Å². The molecule has 25 heavy (non-hydrogen) atoms. The summed E-state index contributed by atoms with van der Waals surface area (Å²) in [5, 5.41) is 0. The van der Waals surface area contributed by atoms with Crippen molar-refractivity contribution in [3.05, 3.63) is 59.4 Å². The van der Waals surface area contributed by atoms with E-state index in [9.17, 15) is 0 Å². The second-order valence-corrected chi connectivity index (χ2v) is 8.13. The molecule has 4 fully saturated rings. The molecule has 0 spiro atoms. The Bertz CT molecular complexity index is 744. The van der Waals surface area contributed by atoms with Crippen LogP contribution in [-0.4, -0.2) is 41.6 Å². The van der Waals surface area contributed by atoms with Crippen LogP contribution in [0.1, 0.15) is 35.7 Å². The van der Waals surface area contributed by atoms with Gasteiger partial charge in [0.15, 0.2) is 0 Å². The number of hydrogen-bond acceptors (Lipinski definition) is 3. The molecule has 4 saturated heterocycles. The third-order valence-electron chi connectivity index (χ3n) is 6.62. The van der Waals surface area contributed by atoms with Gasteiger partial charge in [-0.25, -0.2) is 0 Å². The number of nitrogens with zero attached hydrogens (tertiary/aromatic N) is 3. The van der Waals surface area contributed by atoms with E-state index in [-0.39, 0.29) is 0 Å². The number of rotatable bonds is 2. The highest BCUT2D eigenvalue weighted by Gasteiger charge is 2.53. The Balaban J connectivity index is 1.58. The van der Waals surface area contributed by atoms with Crippen LogP contribution in [0.4, 0.5) is 5.69 Å². The van der Waals surface area contributed by atoms with Crippen molar-refractivity contribution in [2.75, 3.05) is 24.5 Å². The molecule has 3 nitrogen and oxygen atoms in total. The van der Waals surface area contributed by atoms with Crippen molar-refractivity contribution in [3.63, 3.8) is 0 Å². The predicted molar refractivity (Wildman–Crippen MR) is 102 cm³/mol. The summed E-state index contributed by atoms with van der Waals surface area (Å²) < 4.78 is 0. The Labute approximate surface area is 150 Å². The number of piperidine rings is 3. The summed E-state index contributed by atoms with van der Waals surface area (Å²) in [6.45, 7) is 7.95. The molecule has 5 heterocycles. The first-order chi connectivity index (χ1) is 12.2. The Kier molecular flexibility index (Phi) is 3.60. The molecule has 0 unspecified atom stereocenters. The van der Waals surface area contributed by atoms with Crippen LogP contribution in [0.3, 0.4) is 0 Å². The molecule has 0 saturated carbocycles. The molecule has 2 aromatic rings. The van der Waals surface area contributed by atoms with Crippen molar-refractivity contribution in [1.29, 1.82) is 0 Å². The zero-order valence-electron chi connectivity index (χ0n) is 15.2. The lowest BCUT2D eigenvalue weighted by atomic mass is 9.75. The third-order valence-corrected chi connectivity index (χ3v) is 6.62. The quantitative estimate of drug-likeness (QED) is 0.834. The summed E-state index contributed by atoms with van der Waals surface area (Å²) in [5.41, 5.74) is 5.16. The lowest BCUT2D eigenvalue weighted by Crippen LogP contribution is -2.60. The van der Waals surface area contributed by atoms with Gasteiger partial charge in [-0.2, -0.15) is 0 Å². The molecule has 4 aliphatic rings. The Hall–Kier alpha value is -1.87. The number of pyridine rings is 1. The van der Waals surface area contributed by atoms with Crippen molar-refractivity contribution in [3.8, 4) is 0 Å². The van der Waals surface area contributed by atoms with Crippen molar-refractivity contribution in [1.82, 2.24) is 9.88 Å². The first-order valence-corrected chi connectivity index (χ1v) is 9.71. The maximum atomic E-state index is 4.60. The highest BCUT2D eigenvalue weighted by Crippen LogP contribution is 2.48. The summed E-state index contributed by atoms with van der Waals surface area (Å²) >= 11 is 0. The van der Waals surface area contributed by atoms with Crippen LogP contribution in [0.15, 0.2) is 42.5 Å². The van der Waals surface area contributed by atoms with Gasteiger partial charge < -0.3 is 4.90 Å². The maximum Gasteiger partial charge on any atom is 0.0481 e. The molecule has 3 heteroatoms. The van der Waals surface area contributed by atoms with Gasteiger partial charge >= 0.3 is 0 Å². The molecule has 130 valence electrons. The molecule has 0 aliphatic carbocycles. The van der Waals surface area contributed by atoms with E-state index in [1.807, 2.05) is 0 Å². The summed E-state index contributed by atoms with van der Waals surface area (Å²) in [4.78, 5) is 10.1. The zero-order valence-corrected chi connectivity index (χ0v) is 15.2. The molecule has 0 amide bonds. The fourth-order valence-corrected chi connectivity index (χ4v) is 5.69. The van der Waals surface area contributed by atoms with Gasteiger partial charge in [0.2, 0.25) is 0 Å². The SMILES string of the molecule is Cc1cc(N2C[C@H](c3ccccc3)[C@@H]3[C@H]2C2CCN3CC2)cc(C)n1. The normalized spacial score (nSPS) is 33.5. The molecular formula is C22H27N3. The summed E-state index contributed by atoms with van der Waals surface area (Å²) in [6, 6.07) is 17.1. The second-order valence-electron chi connectivity index (χ2n) is 8.13. The van der Waals surface area contributed by atoms with Gasteiger partial charge in [0.25, 0.3) is 0 Å². The Morgan fingerprint density at radius 2 is 1.60 bits per heavy atom. The molecule has 0 radical (unpaired) electrons. The summed E-state index contributed by atoms with van der Waals surface area (Å²) in [5.74, 6) is 1.46. The summed E-state index contributed by atoms with van der Waals surface area (Å²) in [6.07, 6.45) is 2.73. The van der Waals surface area contributed by atoms with Gasteiger partial charge in [0.1, 0.15) is 0 Å². The number of aromatic nitrogens is 1. The van der Waals surface area contributed by atoms with E-state index in [2.05, 4.69) is 71.1 Å². The van der Waals surface area contributed by atoms with E-state index in [4.69, 9.17) is 0 Å². The molecule has 0 N–H and O–H groups in total. The predicted octanol–water partition coefficient (Wildman–Crippen LogP) is 3.77. The van der Waals surface area contributed by atoms with Crippen LogP contribution in [0.2, 0.25) is 0 Å². The van der Waals surface area contributed by atoms with E-state index in [1.54, 1.807) is 0 Å². The number of fused-ring (bicyclic) bond motifs is 2. The molecule has 4 aliphatic heterocycles. The molecule has 1 aromatic carbocycles. The van der Waals surface area contributed by atoms with E-state index in [1.165, 1.54) is 37.2 Å². The van der Waals surface area contributed by atoms with Gasteiger partial charge in [0.05, 0.1) is 0 Å². The summed E-state index contributed by atoms with van der Waals surface area (Å²) in [7, 11) is 0. The third kappa shape index (κ3) is 2.48. The number of aryl methyl sites for hydroxylation is 2. The van der Waals surface area contributed by atoms with E-state index < -0.39 is 0 Å². The minimum atomic E-state index is 0.614. The average molecular weight is 333 g/mol. The Morgan fingerprint density at radius 1 is 0.920 bits per heavy atom. The van der Waals surface area contributed by atoms with E-state index in [0.717, 1.165) is 23.9 Å². The Morgan fingerprint density at radius 3 is 2.28 bits per heavy atom. The topological polar surface area (TPSA) is 19.4 Å². The van der Waals surface area contributed by atoms with E-state index in [0.29, 0.717) is 18.0 Å². The van der Waals surface area contributed by atoms with Gasteiger partial charge in [-0.1, -0.05) is 30.3 Å². The number of anilines is 1. The molecule has 3 atom stereocenters. The number of hydrogen-bond donors (Lipinski definition) is 0. The maximum absolute atomic E-state index is 4.60. The largest absolute Gasteiger partial charge is 0.366 e. The highest BCUT2D eigenvalue weighted by atomic mass is 15.3. The molecule has 1 aromatic heterocycles. The van der Waals surface area contributed by atoms with Gasteiger partial charge in [0, 0.05) is 41.6 Å². The smallest absolute Gasteiger partial charge is 0.0481 e. The van der Waals surface area contributed by atoms with Crippen molar-refractivity contribution < 1.29 is 0 Å². The molecular weight excluding hydrogens is 306 g/mol. The molecule has 6 rings (SSSR count). The van der Waals surface area contributed by atoms with E-state index >= 15 is 0 Å². The monoisotopic (exact) mass is 333 g/mol. The highest BCUT2D eigenvalue weighted by molar-refractivity contribution is 5.53. The lowest BCUT2D eigenvalue weighted by Gasteiger charge is -2.51. The van der Waals surface area contributed by atoms with Crippen LogP contribution < -0.4 is 4.90 Å². The number of benzene rings is 1. The van der Waals surface area contributed by atoms with Crippen LogP contribution in [0.25, 0.3) is 0 Å². The van der Waals surface area contributed by atoms with Crippen molar-refractivity contribution in [2.45, 2.75) is 44.7 Å². The lowest BCUT2D eigenvalue weighted by molar-refractivity contribution is 0.0356. The van der Waals surface area contributed by atoms with Gasteiger partial charge in [-0.3, -0.25) is 9.88 Å². The minimum absolute atomic E-state index is 0.614. The van der Waals surface area contributed by atoms with Crippen molar-refractivity contribution in [2.24, 2.45) is 5.92 Å². The van der Waals surface area contributed by atoms with Crippen LogP contribution in [-0.2, 0) is 0 Å². The zero-order chi connectivity index (χ0) is 17.0. The minimum Gasteiger partial charge on any atom is -0.366 e. The standard InChI is InChI=1S/C22H27N3/c1-15-12-19(13-16(2)23-15)25-14-20(17-6-4-3-5-7-17)22-21(25)18-8-10-24(22)11-9-18/h3-7,12-13,18,20-22H,8-11,14H2,1-2H3/t20-,21-,22-/m1/s1. The fourth-order valence-electron chi connectivity index (χ4n) is 5.69. The van der Waals surface area contributed by atoms with Gasteiger partial charge in [-0.15, -0.1) is 0 Å². The average Bonchev–Trinajstić information content (AvgIpc) is 3.05. The van der Waals surface area contributed by atoms with Gasteiger partial charge in [-0.05, 0) is 63.4 Å². The van der Waals surface area contributed by atoms with Crippen LogP contribution in [0.5, 0.6) is 0 Å².